The summed E-state index contributed by atoms with van der Waals surface area (Å²) in [6, 6.07) is 5.43. The van der Waals surface area contributed by atoms with Crippen LogP contribution in [-0.2, 0) is 4.79 Å². The summed E-state index contributed by atoms with van der Waals surface area (Å²) in [5.41, 5.74) is 7.74. The molecule has 1 amide bonds. The number of carbonyl (C=O) groups excluding carboxylic acids is 2. The average Bonchev–Trinajstić information content (AvgIpc) is 2.54. The smallest absolute Gasteiger partial charge is 0.221 e. The predicted molar refractivity (Wildman–Crippen MR) is 70.7 cm³/mol. The minimum absolute atomic E-state index is 0.0432. The highest BCUT2D eigenvalue weighted by atomic mass is 16.1. The van der Waals surface area contributed by atoms with Crippen LogP contribution in [-0.4, -0.2) is 31.3 Å². The van der Waals surface area contributed by atoms with Gasteiger partial charge in [-0.2, -0.15) is 0 Å². The SMILES string of the molecule is CC(=O)c1cc(N2CCNC(=O)CC2)ccc1N. The third-order valence-corrected chi connectivity index (χ3v) is 3.09. The van der Waals surface area contributed by atoms with Gasteiger partial charge < -0.3 is 16.0 Å². The Balaban J connectivity index is 2.25. The second-order valence-electron chi connectivity index (χ2n) is 4.41. The first-order valence-electron chi connectivity index (χ1n) is 6.00. The molecule has 0 unspecified atom stereocenters. The molecule has 96 valence electrons. The highest BCUT2D eigenvalue weighted by Crippen LogP contribution is 2.22. The van der Waals surface area contributed by atoms with Crippen LogP contribution in [0.2, 0.25) is 0 Å². The van der Waals surface area contributed by atoms with E-state index in [1.807, 2.05) is 6.07 Å². The van der Waals surface area contributed by atoms with Crippen LogP contribution in [0.15, 0.2) is 18.2 Å². The molecule has 18 heavy (non-hydrogen) atoms. The molecule has 0 aromatic heterocycles. The molecule has 0 radical (unpaired) electrons. The molecular weight excluding hydrogens is 230 g/mol. The Morgan fingerprint density at radius 3 is 2.89 bits per heavy atom. The van der Waals surface area contributed by atoms with Crippen molar-refractivity contribution < 1.29 is 9.59 Å². The summed E-state index contributed by atoms with van der Waals surface area (Å²) in [5.74, 6) is 0.0260. The summed E-state index contributed by atoms with van der Waals surface area (Å²) in [6.45, 7) is 3.53. The fraction of sp³-hybridized carbons (Fsp3) is 0.385. The quantitative estimate of drug-likeness (QED) is 0.598. The van der Waals surface area contributed by atoms with E-state index in [2.05, 4.69) is 10.2 Å². The number of anilines is 2. The van der Waals surface area contributed by atoms with Crippen LogP contribution in [0.4, 0.5) is 11.4 Å². The Morgan fingerprint density at radius 1 is 1.39 bits per heavy atom. The topological polar surface area (TPSA) is 75.4 Å². The van der Waals surface area contributed by atoms with Gasteiger partial charge >= 0.3 is 0 Å². The van der Waals surface area contributed by atoms with Crippen molar-refractivity contribution in [2.24, 2.45) is 0 Å². The Kier molecular flexibility index (Phi) is 3.50. The second kappa shape index (κ2) is 5.08. The number of amides is 1. The lowest BCUT2D eigenvalue weighted by Gasteiger charge is -2.22. The van der Waals surface area contributed by atoms with E-state index in [0.29, 0.717) is 30.8 Å². The fourth-order valence-electron chi connectivity index (χ4n) is 2.07. The first kappa shape index (κ1) is 12.4. The summed E-state index contributed by atoms with van der Waals surface area (Å²) >= 11 is 0. The van der Waals surface area contributed by atoms with Crippen molar-refractivity contribution in [3.8, 4) is 0 Å². The van der Waals surface area contributed by atoms with E-state index >= 15 is 0 Å². The molecule has 1 aliphatic heterocycles. The van der Waals surface area contributed by atoms with Gasteiger partial charge in [0.2, 0.25) is 5.91 Å². The van der Waals surface area contributed by atoms with Crippen LogP contribution >= 0.6 is 0 Å². The Bertz CT molecular complexity index is 485. The molecule has 5 heteroatoms. The summed E-state index contributed by atoms with van der Waals surface area (Å²) in [5, 5.41) is 2.82. The van der Waals surface area contributed by atoms with Gasteiger partial charge in [0.05, 0.1) is 0 Å². The van der Waals surface area contributed by atoms with Crippen molar-refractivity contribution in [1.29, 1.82) is 0 Å². The summed E-state index contributed by atoms with van der Waals surface area (Å²) < 4.78 is 0. The molecule has 1 fully saturated rings. The van der Waals surface area contributed by atoms with Gasteiger partial charge in [-0.1, -0.05) is 0 Å². The maximum absolute atomic E-state index is 11.5. The highest BCUT2D eigenvalue weighted by molar-refractivity contribution is 6.00. The molecule has 0 bridgehead atoms. The number of rotatable bonds is 2. The molecular formula is C13H17N3O2. The van der Waals surface area contributed by atoms with E-state index in [4.69, 9.17) is 5.73 Å². The first-order valence-corrected chi connectivity index (χ1v) is 6.00. The Hall–Kier alpha value is -2.04. The predicted octanol–water partition coefficient (Wildman–Crippen LogP) is 0.798. The van der Waals surface area contributed by atoms with Crippen molar-refractivity contribution in [3.05, 3.63) is 23.8 Å². The number of ketones is 1. The van der Waals surface area contributed by atoms with Crippen molar-refractivity contribution in [3.63, 3.8) is 0 Å². The Morgan fingerprint density at radius 2 is 2.17 bits per heavy atom. The fourth-order valence-corrected chi connectivity index (χ4v) is 2.07. The molecule has 0 saturated carbocycles. The average molecular weight is 247 g/mol. The van der Waals surface area contributed by atoms with Gasteiger partial charge in [0.15, 0.2) is 5.78 Å². The van der Waals surface area contributed by atoms with E-state index in [1.54, 1.807) is 12.1 Å². The summed E-state index contributed by atoms with van der Waals surface area (Å²) in [6.07, 6.45) is 0.472. The Labute approximate surface area is 106 Å². The van der Waals surface area contributed by atoms with Crippen LogP contribution in [0.5, 0.6) is 0 Å². The van der Waals surface area contributed by atoms with Crippen LogP contribution < -0.4 is 16.0 Å². The molecule has 0 aliphatic carbocycles. The molecule has 1 aliphatic rings. The minimum atomic E-state index is -0.0432. The number of hydrogen-bond donors (Lipinski definition) is 2. The van der Waals surface area contributed by atoms with Crippen LogP contribution in [0.1, 0.15) is 23.7 Å². The molecule has 2 rings (SSSR count). The minimum Gasteiger partial charge on any atom is -0.398 e. The number of nitrogens with one attached hydrogen (secondary N) is 1. The van der Waals surface area contributed by atoms with Gasteiger partial charge in [0, 0.05) is 43.0 Å². The third kappa shape index (κ3) is 2.61. The van der Waals surface area contributed by atoms with Gasteiger partial charge in [0.1, 0.15) is 0 Å². The molecule has 1 saturated heterocycles. The molecule has 3 N–H and O–H groups in total. The molecule has 1 aromatic rings. The molecule has 0 spiro atoms. The lowest BCUT2D eigenvalue weighted by molar-refractivity contribution is -0.120. The normalized spacial score (nSPS) is 16.1. The van der Waals surface area contributed by atoms with E-state index in [0.717, 1.165) is 12.2 Å². The number of carbonyl (C=O) groups is 2. The van der Waals surface area contributed by atoms with Crippen molar-refractivity contribution >= 4 is 23.1 Å². The molecule has 5 nitrogen and oxygen atoms in total. The van der Waals surface area contributed by atoms with Crippen molar-refractivity contribution in [2.45, 2.75) is 13.3 Å². The molecule has 0 atom stereocenters. The van der Waals surface area contributed by atoms with Gasteiger partial charge in [0.25, 0.3) is 0 Å². The zero-order valence-electron chi connectivity index (χ0n) is 10.4. The largest absolute Gasteiger partial charge is 0.398 e. The van der Waals surface area contributed by atoms with Gasteiger partial charge in [-0.05, 0) is 25.1 Å². The maximum atomic E-state index is 11.5. The van der Waals surface area contributed by atoms with Gasteiger partial charge in [-0.15, -0.1) is 0 Å². The number of benzene rings is 1. The lowest BCUT2D eigenvalue weighted by atomic mass is 10.1. The molecule has 1 aromatic carbocycles. The van der Waals surface area contributed by atoms with Crippen molar-refractivity contribution in [2.75, 3.05) is 30.3 Å². The molecule has 1 heterocycles. The highest BCUT2D eigenvalue weighted by Gasteiger charge is 2.15. The monoisotopic (exact) mass is 247 g/mol. The van der Waals surface area contributed by atoms with E-state index in [-0.39, 0.29) is 11.7 Å². The number of nitrogens with zero attached hydrogens (tertiary/aromatic N) is 1. The van der Waals surface area contributed by atoms with E-state index in [9.17, 15) is 9.59 Å². The number of Topliss-reactive ketones (excluding diaryl/α,β-unsaturated/α-hetero) is 1. The van der Waals surface area contributed by atoms with E-state index < -0.39 is 0 Å². The van der Waals surface area contributed by atoms with E-state index in [1.165, 1.54) is 6.92 Å². The summed E-state index contributed by atoms with van der Waals surface area (Å²) in [7, 11) is 0. The summed E-state index contributed by atoms with van der Waals surface area (Å²) in [4.78, 5) is 24.8. The number of nitrogen functional groups attached to an aromatic ring is 1. The van der Waals surface area contributed by atoms with Gasteiger partial charge in [-0.25, -0.2) is 0 Å². The number of hydrogen-bond acceptors (Lipinski definition) is 4. The second-order valence-corrected chi connectivity index (χ2v) is 4.41. The van der Waals surface area contributed by atoms with Gasteiger partial charge in [-0.3, -0.25) is 9.59 Å². The van der Waals surface area contributed by atoms with Crippen LogP contribution in [0, 0.1) is 0 Å². The lowest BCUT2D eigenvalue weighted by Crippen LogP contribution is -2.28. The maximum Gasteiger partial charge on any atom is 0.221 e. The van der Waals surface area contributed by atoms with Crippen LogP contribution in [0.3, 0.4) is 0 Å². The zero-order valence-corrected chi connectivity index (χ0v) is 10.4. The van der Waals surface area contributed by atoms with Crippen molar-refractivity contribution in [1.82, 2.24) is 5.32 Å². The zero-order chi connectivity index (χ0) is 13.1. The standard InChI is InChI=1S/C13H17N3O2/c1-9(17)11-8-10(2-3-12(11)14)16-6-4-13(18)15-5-7-16/h2-3,8H,4-7,14H2,1H3,(H,15,18). The first-order chi connectivity index (χ1) is 8.58. The third-order valence-electron chi connectivity index (χ3n) is 3.09. The van der Waals surface area contributed by atoms with Crippen LogP contribution in [0.25, 0.3) is 0 Å². The number of nitrogens with two attached hydrogens (primary N) is 1.